The maximum absolute atomic E-state index is 13.3. The number of piperidine rings is 1. The summed E-state index contributed by atoms with van der Waals surface area (Å²) in [6, 6.07) is 9.66. The third-order valence-electron chi connectivity index (χ3n) is 5.92. The fourth-order valence-corrected chi connectivity index (χ4v) is 4.20. The summed E-state index contributed by atoms with van der Waals surface area (Å²) in [6.45, 7) is 4.36. The monoisotopic (exact) mass is 381 g/mol. The number of hydrogen-bond acceptors (Lipinski definition) is 4. The van der Waals surface area contributed by atoms with Gasteiger partial charge < -0.3 is 15.5 Å². The highest BCUT2D eigenvalue weighted by molar-refractivity contribution is 5.95. The van der Waals surface area contributed by atoms with Crippen LogP contribution in [0.5, 0.6) is 0 Å². The molecule has 0 spiro atoms. The van der Waals surface area contributed by atoms with E-state index in [9.17, 15) is 9.59 Å². The number of aromatic nitrogens is 2. The maximum atomic E-state index is 13.3. The summed E-state index contributed by atoms with van der Waals surface area (Å²) in [5.41, 5.74) is 1.30. The number of carbonyl (C=O) groups excluding carboxylic acids is 2. The molecule has 1 atom stereocenters. The van der Waals surface area contributed by atoms with Crippen molar-refractivity contribution in [1.82, 2.24) is 20.4 Å². The van der Waals surface area contributed by atoms with Crippen LogP contribution in [-0.4, -0.2) is 41.2 Å². The molecule has 7 heteroatoms. The lowest BCUT2D eigenvalue weighted by Gasteiger charge is -2.37. The summed E-state index contributed by atoms with van der Waals surface area (Å²) < 4.78 is 1.80. The molecule has 2 aliphatic rings. The van der Waals surface area contributed by atoms with E-state index in [1.807, 2.05) is 48.4 Å². The van der Waals surface area contributed by atoms with Crippen molar-refractivity contribution in [2.24, 2.45) is 0 Å². The molecule has 2 saturated heterocycles. The van der Waals surface area contributed by atoms with E-state index in [0.29, 0.717) is 19.3 Å². The quantitative estimate of drug-likeness (QED) is 0.830. The molecule has 2 amide bonds. The molecule has 0 bridgehead atoms. The third kappa shape index (κ3) is 3.42. The standard InChI is InChI=1S/C21H27N5O2/c1-16(17-5-7-18(8-6-17)25-14-2-4-19(25)27)24-20(28)21(9-12-22-13-10-21)26-15-3-11-23-26/h3,5-8,11,15-16,22H,2,4,9-10,12-14H2,1H3,(H,24,28). The van der Waals surface area contributed by atoms with Crippen LogP contribution in [0.1, 0.15) is 44.2 Å². The third-order valence-corrected chi connectivity index (χ3v) is 5.92. The Labute approximate surface area is 165 Å². The highest BCUT2D eigenvalue weighted by Crippen LogP contribution is 2.29. The Kier molecular flexibility index (Phi) is 5.17. The summed E-state index contributed by atoms with van der Waals surface area (Å²) in [4.78, 5) is 27.0. The molecule has 3 heterocycles. The van der Waals surface area contributed by atoms with Gasteiger partial charge in [-0.15, -0.1) is 0 Å². The van der Waals surface area contributed by atoms with Crippen LogP contribution in [0.25, 0.3) is 0 Å². The van der Waals surface area contributed by atoms with E-state index in [1.165, 1.54) is 0 Å². The second-order valence-corrected chi connectivity index (χ2v) is 7.67. The Balaban J connectivity index is 1.48. The summed E-state index contributed by atoms with van der Waals surface area (Å²) in [5, 5.41) is 10.9. The van der Waals surface area contributed by atoms with Crippen LogP contribution in [0.4, 0.5) is 5.69 Å². The van der Waals surface area contributed by atoms with Crippen molar-refractivity contribution in [2.45, 2.75) is 44.2 Å². The van der Waals surface area contributed by atoms with Crippen LogP contribution in [0.2, 0.25) is 0 Å². The van der Waals surface area contributed by atoms with Crippen molar-refractivity contribution in [3.63, 3.8) is 0 Å². The Morgan fingerprint density at radius 1 is 1.25 bits per heavy atom. The molecule has 1 aromatic carbocycles. The molecule has 0 saturated carbocycles. The first-order valence-corrected chi connectivity index (χ1v) is 10.0. The van der Waals surface area contributed by atoms with Crippen molar-refractivity contribution in [3.8, 4) is 0 Å². The first-order valence-electron chi connectivity index (χ1n) is 10.0. The molecule has 1 unspecified atom stereocenters. The zero-order chi connectivity index (χ0) is 19.6. The predicted molar refractivity (Wildman–Crippen MR) is 107 cm³/mol. The Morgan fingerprint density at radius 2 is 2.00 bits per heavy atom. The van der Waals surface area contributed by atoms with E-state index in [0.717, 1.165) is 37.3 Å². The molecule has 28 heavy (non-hydrogen) atoms. The molecule has 4 rings (SSSR count). The first-order chi connectivity index (χ1) is 13.6. The number of nitrogens with zero attached hydrogens (tertiary/aromatic N) is 3. The fourth-order valence-electron chi connectivity index (χ4n) is 4.20. The van der Waals surface area contributed by atoms with Crippen molar-refractivity contribution < 1.29 is 9.59 Å². The summed E-state index contributed by atoms with van der Waals surface area (Å²) in [6.07, 6.45) is 6.55. The number of anilines is 1. The van der Waals surface area contributed by atoms with Gasteiger partial charge in [-0.1, -0.05) is 12.1 Å². The van der Waals surface area contributed by atoms with Gasteiger partial charge in [0.2, 0.25) is 11.8 Å². The van der Waals surface area contributed by atoms with Crippen molar-refractivity contribution in [3.05, 3.63) is 48.3 Å². The number of hydrogen-bond donors (Lipinski definition) is 2. The minimum absolute atomic E-state index is 0.00370. The molecule has 2 aliphatic heterocycles. The van der Waals surface area contributed by atoms with Crippen LogP contribution in [-0.2, 0) is 15.1 Å². The topological polar surface area (TPSA) is 79.3 Å². The lowest BCUT2D eigenvalue weighted by Crippen LogP contribution is -2.55. The predicted octanol–water partition coefficient (Wildman–Crippen LogP) is 1.97. The van der Waals surface area contributed by atoms with Gasteiger partial charge in [-0.05, 0) is 63.0 Å². The lowest BCUT2D eigenvalue weighted by atomic mass is 9.87. The van der Waals surface area contributed by atoms with Gasteiger partial charge in [0.1, 0.15) is 5.54 Å². The number of benzene rings is 1. The van der Waals surface area contributed by atoms with Crippen molar-refractivity contribution >= 4 is 17.5 Å². The van der Waals surface area contributed by atoms with E-state index in [-0.39, 0.29) is 17.9 Å². The Morgan fingerprint density at radius 3 is 2.61 bits per heavy atom. The second-order valence-electron chi connectivity index (χ2n) is 7.67. The molecule has 2 fully saturated rings. The molecule has 0 aliphatic carbocycles. The van der Waals surface area contributed by atoms with Crippen LogP contribution in [0.15, 0.2) is 42.7 Å². The van der Waals surface area contributed by atoms with E-state index >= 15 is 0 Å². The Bertz CT molecular complexity index is 825. The van der Waals surface area contributed by atoms with Gasteiger partial charge in [0.15, 0.2) is 0 Å². The maximum Gasteiger partial charge on any atom is 0.248 e. The van der Waals surface area contributed by atoms with Gasteiger partial charge in [0, 0.05) is 31.0 Å². The summed E-state index contributed by atoms with van der Waals surface area (Å²) in [5.74, 6) is 0.185. The van der Waals surface area contributed by atoms with Crippen LogP contribution < -0.4 is 15.5 Å². The van der Waals surface area contributed by atoms with E-state index in [4.69, 9.17) is 0 Å². The lowest BCUT2D eigenvalue weighted by molar-refractivity contribution is -0.132. The number of nitrogens with one attached hydrogen (secondary N) is 2. The van der Waals surface area contributed by atoms with Crippen molar-refractivity contribution in [2.75, 3.05) is 24.5 Å². The highest BCUT2D eigenvalue weighted by Gasteiger charge is 2.42. The molecule has 148 valence electrons. The smallest absolute Gasteiger partial charge is 0.248 e. The second kappa shape index (κ2) is 7.75. The Hall–Kier alpha value is -2.67. The van der Waals surface area contributed by atoms with E-state index in [1.54, 1.807) is 10.9 Å². The summed E-state index contributed by atoms with van der Waals surface area (Å²) in [7, 11) is 0. The molecule has 2 N–H and O–H groups in total. The minimum Gasteiger partial charge on any atom is -0.347 e. The minimum atomic E-state index is -0.648. The van der Waals surface area contributed by atoms with Gasteiger partial charge in [-0.25, -0.2) is 0 Å². The zero-order valence-corrected chi connectivity index (χ0v) is 16.2. The summed E-state index contributed by atoms with van der Waals surface area (Å²) >= 11 is 0. The molecular weight excluding hydrogens is 354 g/mol. The van der Waals surface area contributed by atoms with Gasteiger partial charge in [0.05, 0.1) is 6.04 Å². The average molecular weight is 381 g/mol. The van der Waals surface area contributed by atoms with Gasteiger partial charge in [-0.2, -0.15) is 5.10 Å². The fraction of sp³-hybridized carbons (Fsp3) is 0.476. The van der Waals surface area contributed by atoms with Crippen LogP contribution >= 0.6 is 0 Å². The van der Waals surface area contributed by atoms with Gasteiger partial charge >= 0.3 is 0 Å². The highest BCUT2D eigenvalue weighted by atomic mass is 16.2. The van der Waals surface area contributed by atoms with Gasteiger partial charge in [0.25, 0.3) is 0 Å². The van der Waals surface area contributed by atoms with E-state index < -0.39 is 5.54 Å². The number of rotatable bonds is 5. The molecule has 0 radical (unpaired) electrons. The molecule has 2 aromatic rings. The zero-order valence-electron chi connectivity index (χ0n) is 16.2. The van der Waals surface area contributed by atoms with Crippen molar-refractivity contribution in [1.29, 1.82) is 0 Å². The SMILES string of the molecule is CC(NC(=O)C1(n2cccn2)CCNCC1)c1ccc(N2CCCC2=O)cc1. The van der Waals surface area contributed by atoms with Gasteiger partial charge in [-0.3, -0.25) is 14.3 Å². The van der Waals surface area contributed by atoms with Crippen LogP contribution in [0, 0.1) is 0 Å². The largest absolute Gasteiger partial charge is 0.347 e. The number of amides is 2. The molecule has 1 aromatic heterocycles. The first kappa shape index (κ1) is 18.7. The van der Waals surface area contributed by atoms with Crippen LogP contribution in [0.3, 0.4) is 0 Å². The number of carbonyl (C=O) groups is 2. The molecule has 7 nitrogen and oxygen atoms in total. The van der Waals surface area contributed by atoms with E-state index in [2.05, 4.69) is 15.7 Å². The molecular formula is C21H27N5O2. The normalized spacial score (nSPS) is 20.2. The average Bonchev–Trinajstić information content (AvgIpc) is 3.40.